The van der Waals surface area contributed by atoms with Crippen molar-refractivity contribution in [2.24, 2.45) is 5.92 Å². The Kier molecular flexibility index (Phi) is 4.94. The molecule has 0 unspecified atom stereocenters. The van der Waals surface area contributed by atoms with Gasteiger partial charge in [0.05, 0.1) is 18.1 Å². The molecule has 22 heavy (non-hydrogen) atoms. The molecule has 1 fully saturated rings. The Balaban J connectivity index is 1.95. The molecule has 0 radical (unpaired) electrons. The van der Waals surface area contributed by atoms with E-state index in [0.717, 1.165) is 0 Å². The molecule has 1 aromatic heterocycles. The van der Waals surface area contributed by atoms with Gasteiger partial charge in [-0.2, -0.15) is 0 Å². The maximum absolute atomic E-state index is 12.5. The van der Waals surface area contributed by atoms with Crippen LogP contribution in [0, 0.1) is 5.92 Å². The first-order chi connectivity index (χ1) is 10.3. The standard InChI is InChI=1S/C17H26N2O3/c1-5-22-16(21)13-6-9-18(10-7-13)15(20)14-8-11-19(12-14)17(2,3)4/h8,11-13H,5-7,9-10H2,1-4H3. The number of esters is 1. The number of hydrogen-bond donors (Lipinski definition) is 0. The second kappa shape index (κ2) is 6.55. The minimum Gasteiger partial charge on any atom is -0.466 e. The first kappa shape index (κ1) is 16.6. The SMILES string of the molecule is CCOC(=O)C1CCN(C(=O)c2ccn(C(C)(C)C)c2)CC1. The van der Waals surface area contributed by atoms with Gasteiger partial charge in [0.15, 0.2) is 0 Å². The Morgan fingerprint density at radius 2 is 1.91 bits per heavy atom. The summed E-state index contributed by atoms with van der Waals surface area (Å²) in [5, 5.41) is 0. The number of carbonyl (C=O) groups is 2. The number of piperidine rings is 1. The fraction of sp³-hybridized carbons (Fsp3) is 0.647. The Morgan fingerprint density at radius 3 is 2.41 bits per heavy atom. The zero-order chi connectivity index (χ0) is 16.3. The molecule has 2 rings (SSSR count). The lowest BCUT2D eigenvalue weighted by atomic mass is 9.96. The van der Waals surface area contributed by atoms with Gasteiger partial charge in [-0.3, -0.25) is 9.59 Å². The number of aromatic nitrogens is 1. The van der Waals surface area contributed by atoms with Crippen molar-refractivity contribution in [3.05, 3.63) is 24.0 Å². The van der Waals surface area contributed by atoms with Crippen molar-refractivity contribution in [2.75, 3.05) is 19.7 Å². The number of ether oxygens (including phenoxy) is 1. The third-order valence-corrected chi connectivity index (χ3v) is 4.12. The fourth-order valence-corrected chi connectivity index (χ4v) is 2.70. The molecule has 1 aliphatic rings. The number of hydrogen-bond acceptors (Lipinski definition) is 3. The maximum Gasteiger partial charge on any atom is 0.309 e. The summed E-state index contributed by atoms with van der Waals surface area (Å²) in [7, 11) is 0. The molecular weight excluding hydrogens is 280 g/mol. The highest BCUT2D eigenvalue weighted by molar-refractivity contribution is 5.94. The lowest BCUT2D eigenvalue weighted by molar-refractivity contribution is -0.149. The third kappa shape index (κ3) is 3.70. The van der Waals surface area contributed by atoms with Crippen molar-refractivity contribution in [2.45, 2.75) is 46.1 Å². The van der Waals surface area contributed by atoms with Gasteiger partial charge < -0.3 is 14.2 Å². The fourth-order valence-electron chi connectivity index (χ4n) is 2.70. The number of nitrogens with zero attached hydrogens (tertiary/aromatic N) is 2. The van der Waals surface area contributed by atoms with Gasteiger partial charge in [-0.1, -0.05) is 0 Å². The van der Waals surface area contributed by atoms with Gasteiger partial charge in [-0.15, -0.1) is 0 Å². The largest absolute Gasteiger partial charge is 0.466 e. The van der Waals surface area contributed by atoms with E-state index in [1.165, 1.54) is 0 Å². The average molecular weight is 306 g/mol. The summed E-state index contributed by atoms with van der Waals surface area (Å²) in [6, 6.07) is 1.87. The van der Waals surface area contributed by atoms with Gasteiger partial charge in [0.25, 0.3) is 5.91 Å². The molecule has 0 spiro atoms. The summed E-state index contributed by atoms with van der Waals surface area (Å²) in [5.74, 6) is -0.151. The van der Waals surface area contributed by atoms with E-state index in [4.69, 9.17) is 4.74 Å². The van der Waals surface area contributed by atoms with Crippen LogP contribution < -0.4 is 0 Å². The second-order valence-electron chi connectivity index (χ2n) is 6.80. The molecule has 5 heteroatoms. The van der Waals surface area contributed by atoms with Gasteiger partial charge in [0.2, 0.25) is 0 Å². The number of likely N-dealkylation sites (tertiary alicyclic amines) is 1. The van der Waals surface area contributed by atoms with Gasteiger partial charge in [0, 0.05) is 31.0 Å². The highest BCUT2D eigenvalue weighted by Gasteiger charge is 2.29. The molecule has 0 N–H and O–H groups in total. The van der Waals surface area contributed by atoms with Crippen LogP contribution in [0.1, 0.15) is 50.9 Å². The zero-order valence-electron chi connectivity index (χ0n) is 14.0. The molecule has 1 saturated heterocycles. The molecule has 0 bridgehead atoms. The van der Waals surface area contributed by atoms with Crippen LogP contribution in [0.2, 0.25) is 0 Å². The molecule has 0 aliphatic carbocycles. The van der Waals surface area contributed by atoms with Crippen molar-refractivity contribution in [3.63, 3.8) is 0 Å². The molecule has 122 valence electrons. The molecule has 2 heterocycles. The highest BCUT2D eigenvalue weighted by Crippen LogP contribution is 2.22. The van der Waals surface area contributed by atoms with Crippen molar-refractivity contribution < 1.29 is 14.3 Å². The van der Waals surface area contributed by atoms with Gasteiger partial charge in [-0.05, 0) is 46.6 Å². The van der Waals surface area contributed by atoms with Gasteiger partial charge in [-0.25, -0.2) is 0 Å². The van der Waals surface area contributed by atoms with Crippen molar-refractivity contribution in [1.82, 2.24) is 9.47 Å². The second-order valence-corrected chi connectivity index (χ2v) is 6.80. The van der Waals surface area contributed by atoms with Gasteiger partial charge >= 0.3 is 5.97 Å². The molecule has 0 saturated carbocycles. The van der Waals surface area contributed by atoms with Crippen LogP contribution in [0.15, 0.2) is 18.5 Å². The Morgan fingerprint density at radius 1 is 1.27 bits per heavy atom. The first-order valence-electron chi connectivity index (χ1n) is 7.97. The zero-order valence-corrected chi connectivity index (χ0v) is 14.0. The van der Waals surface area contributed by atoms with E-state index in [2.05, 4.69) is 20.8 Å². The number of rotatable bonds is 3. The minimum atomic E-state index is -0.131. The van der Waals surface area contributed by atoms with Crippen LogP contribution in [-0.2, 0) is 15.1 Å². The van der Waals surface area contributed by atoms with E-state index < -0.39 is 0 Å². The normalized spacial score (nSPS) is 16.6. The van der Waals surface area contributed by atoms with Crippen molar-refractivity contribution in [1.29, 1.82) is 0 Å². The summed E-state index contributed by atoms with van der Waals surface area (Å²) >= 11 is 0. The molecular formula is C17H26N2O3. The quantitative estimate of drug-likeness (QED) is 0.807. The molecule has 0 aromatic carbocycles. The van der Waals surface area contributed by atoms with Crippen LogP contribution in [0.25, 0.3) is 0 Å². The summed E-state index contributed by atoms with van der Waals surface area (Å²) in [4.78, 5) is 26.1. The third-order valence-electron chi connectivity index (χ3n) is 4.12. The van der Waals surface area contributed by atoms with Gasteiger partial charge in [0.1, 0.15) is 0 Å². The van der Waals surface area contributed by atoms with E-state index in [1.807, 2.05) is 34.9 Å². The highest BCUT2D eigenvalue weighted by atomic mass is 16.5. The smallest absolute Gasteiger partial charge is 0.309 e. The molecule has 5 nitrogen and oxygen atoms in total. The molecule has 1 aliphatic heterocycles. The van der Waals surface area contributed by atoms with Crippen LogP contribution in [0.5, 0.6) is 0 Å². The number of amides is 1. The number of carbonyl (C=O) groups excluding carboxylic acids is 2. The Hall–Kier alpha value is -1.78. The van der Waals surface area contributed by atoms with E-state index in [1.54, 1.807) is 0 Å². The topological polar surface area (TPSA) is 51.5 Å². The van der Waals surface area contributed by atoms with Crippen LogP contribution in [-0.4, -0.2) is 41.0 Å². The Labute approximate surface area is 132 Å². The summed E-state index contributed by atoms with van der Waals surface area (Å²) in [6.07, 6.45) is 5.22. The molecule has 1 aromatic rings. The lowest BCUT2D eigenvalue weighted by Crippen LogP contribution is -2.40. The molecule has 0 atom stereocenters. The van der Waals surface area contributed by atoms with Crippen LogP contribution >= 0.6 is 0 Å². The predicted octanol–water partition coefficient (Wildman–Crippen LogP) is 2.66. The van der Waals surface area contributed by atoms with Crippen LogP contribution in [0.3, 0.4) is 0 Å². The van der Waals surface area contributed by atoms with Crippen molar-refractivity contribution in [3.8, 4) is 0 Å². The van der Waals surface area contributed by atoms with Crippen molar-refractivity contribution >= 4 is 11.9 Å². The van der Waals surface area contributed by atoms with E-state index in [0.29, 0.717) is 38.1 Å². The monoisotopic (exact) mass is 306 g/mol. The summed E-state index contributed by atoms with van der Waals surface area (Å²) < 4.78 is 7.10. The average Bonchev–Trinajstić information content (AvgIpc) is 2.97. The minimum absolute atomic E-state index is 0.0323. The predicted molar refractivity (Wildman–Crippen MR) is 84.7 cm³/mol. The molecule has 1 amide bonds. The maximum atomic E-state index is 12.5. The van der Waals surface area contributed by atoms with E-state index in [-0.39, 0.29) is 23.3 Å². The lowest BCUT2D eigenvalue weighted by Gasteiger charge is -2.30. The van der Waals surface area contributed by atoms with Crippen LogP contribution in [0.4, 0.5) is 0 Å². The summed E-state index contributed by atoms with van der Waals surface area (Å²) in [6.45, 7) is 9.77. The summed E-state index contributed by atoms with van der Waals surface area (Å²) in [5.41, 5.74) is 0.680. The first-order valence-corrected chi connectivity index (χ1v) is 7.97. The Bertz CT molecular complexity index is 534. The van der Waals surface area contributed by atoms with E-state index in [9.17, 15) is 9.59 Å². The van der Waals surface area contributed by atoms with E-state index >= 15 is 0 Å².